The van der Waals surface area contributed by atoms with E-state index in [9.17, 15) is 14.7 Å². The molecule has 2 aliphatic heterocycles. The van der Waals surface area contributed by atoms with Gasteiger partial charge in [0, 0.05) is 0 Å². The highest BCUT2D eigenvalue weighted by molar-refractivity contribution is 8.22. The molecule has 0 aromatic rings. The molecular formula is C16H27NO4S2Si. The van der Waals surface area contributed by atoms with Gasteiger partial charge >= 0.3 is 5.97 Å². The molecule has 136 valence electrons. The van der Waals surface area contributed by atoms with Gasteiger partial charge in [-0.05, 0) is 31.2 Å². The average Bonchev–Trinajstić information content (AvgIpc) is 2.71. The van der Waals surface area contributed by atoms with E-state index in [1.54, 1.807) is 0 Å². The van der Waals surface area contributed by atoms with E-state index in [0.717, 1.165) is 9.99 Å². The van der Waals surface area contributed by atoms with Gasteiger partial charge in [-0.2, -0.15) is 0 Å². The maximum absolute atomic E-state index is 12.9. The second-order valence-electron chi connectivity index (χ2n) is 7.59. The average molecular weight is 390 g/mol. The first-order chi connectivity index (χ1) is 11.0. The van der Waals surface area contributed by atoms with E-state index in [2.05, 4.69) is 33.9 Å². The van der Waals surface area contributed by atoms with Crippen molar-refractivity contribution in [1.29, 1.82) is 0 Å². The Kier molecular flexibility index (Phi) is 5.55. The van der Waals surface area contributed by atoms with Crippen LogP contribution in [0.3, 0.4) is 0 Å². The SMILES string of the molecule is CCSC1=C(C(=O)O)N2C(=O)[C@H]([C@@](C)(O[SiH](C)C)C(C)(C)C)[C@H]2S1. The third-order valence-corrected chi connectivity index (χ3v) is 8.23. The van der Waals surface area contributed by atoms with Crippen molar-refractivity contribution in [2.45, 2.75) is 58.7 Å². The third-order valence-electron chi connectivity index (χ3n) is 4.75. The summed E-state index contributed by atoms with van der Waals surface area (Å²) >= 11 is 3.00. The van der Waals surface area contributed by atoms with Crippen LogP contribution in [-0.2, 0) is 14.0 Å². The molecule has 1 amide bonds. The van der Waals surface area contributed by atoms with Crippen LogP contribution in [0.1, 0.15) is 34.6 Å². The molecule has 1 fully saturated rings. The van der Waals surface area contributed by atoms with E-state index in [1.165, 1.54) is 28.4 Å². The van der Waals surface area contributed by atoms with Gasteiger partial charge < -0.3 is 9.53 Å². The maximum Gasteiger partial charge on any atom is 0.354 e. The van der Waals surface area contributed by atoms with Crippen LogP contribution in [0, 0.1) is 11.3 Å². The number of aliphatic carboxylic acids is 1. The monoisotopic (exact) mass is 389 g/mol. The molecule has 0 aliphatic carbocycles. The molecule has 0 aromatic carbocycles. The topological polar surface area (TPSA) is 66.8 Å². The van der Waals surface area contributed by atoms with E-state index in [-0.39, 0.29) is 28.3 Å². The molecule has 0 radical (unpaired) electrons. The lowest BCUT2D eigenvalue weighted by atomic mass is 9.66. The Labute approximate surface area is 154 Å². The summed E-state index contributed by atoms with van der Waals surface area (Å²) in [5, 5.41) is 9.37. The summed E-state index contributed by atoms with van der Waals surface area (Å²) in [6.07, 6.45) is 0. The molecule has 0 spiro atoms. The predicted octanol–water partition coefficient (Wildman–Crippen LogP) is 3.33. The number of carbonyl (C=O) groups is 2. The summed E-state index contributed by atoms with van der Waals surface area (Å²) in [5.74, 6) is -0.681. The Morgan fingerprint density at radius 3 is 2.38 bits per heavy atom. The molecule has 2 aliphatic rings. The Morgan fingerprint density at radius 1 is 1.38 bits per heavy atom. The zero-order valence-electron chi connectivity index (χ0n) is 15.4. The molecule has 0 unspecified atom stereocenters. The van der Waals surface area contributed by atoms with Gasteiger partial charge in [-0.25, -0.2) is 4.79 Å². The Hall–Kier alpha value is -0.443. The first-order valence-corrected chi connectivity index (χ1v) is 12.9. The number of amides is 1. The first kappa shape index (κ1) is 19.9. The van der Waals surface area contributed by atoms with Gasteiger partial charge in [-0.15, -0.1) is 11.8 Å². The number of carbonyl (C=O) groups excluding carboxylic acids is 1. The molecule has 2 rings (SSSR count). The molecular weight excluding hydrogens is 362 g/mol. The number of fused-ring (bicyclic) bond motifs is 1. The van der Waals surface area contributed by atoms with Crippen LogP contribution in [0.2, 0.25) is 13.1 Å². The molecule has 0 bridgehead atoms. The molecule has 0 aromatic heterocycles. The van der Waals surface area contributed by atoms with Gasteiger partial charge in [0.15, 0.2) is 14.7 Å². The Balaban J connectivity index is 2.37. The van der Waals surface area contributed by atoms with Crippen molar-refractivity contribution in [2.24, 2.45) is 11.3 Å². The highest BCUT2D eigenvalue weighted by Gasteiger charge is 2.65. The van der Waals surface area contributed by atoms with Crippen LogP contribution in [0.5, 0.6) is 0 Å². The highest BCUT2D eigenvalue weighted by Crippen LogP contribution is 2.58. The lowest BCUT2D eigenvalue weighted by Gasteiger charge is -2.56. The quantitative estimate of drug-likeness (QED) is 0.555. The predicted molar refractivity (Wildman–Crippen MR) is 102 cm³/mol. The van der Waals surface area contributed by atoms with Crippen LogP contribution in [-0.4, -0.2) is 47.7 Å². The number of β-lactam (4-membered cyclic amide) rings is 1. The number of hydrogen-bond acceptors (Lipinski definition) is 5. The highest BCUT2D eigenvalue weighted by atomic mass is 32.2. The van der Waals surface area contributed by atoms with Gasteiger partial charge in [0.1, 0.15) is 5.37 Å². The number of rotatable bonds is 6. The minimum Gasteiger partial charge on any atom is -0.477 e. The Bertz CT molecular complexity index is 587. The second-order valence-corrected chi connectivity index (χ2v) is 12.6. The van der Waals surface area contributed by atoms with Crippen LogP contribution in [0.25, 0.3) is 0 Å². The second kappa shape index (κ2) is 6.70. The van der Waals surface area contributed by atoms with E-state index < -0.39 is 20.6 Å². The van der Waals surface area contributed by atoms with Crippen LogP contribution < -0.4 is 0 Å². The maximum atomic E-state index is 12.9. The minimum absolute atomic E-state index is 0.122. The van der Waals surface area contributed by atoms with Crippen LogP contribution >= 0.6 is 23.5 Å². The van der Waals surface area contributed by atoms with Crippen molar-refractivity contribution < 1.29 is 19.1 Å². The smallest absolute Gasteiger partial charge is 0.354 e. The summed E-state index contributed by atoms with van der Waals surface area (Å²) in [5.41, 5.74) is -0.674. The normalized spacial score (nSPS) is 26.5. The molecule has 1 saturated heterocycles. The fraction of sp³-hybridized carbons (Fsp3) is 0.750. The molecule has 3 atom stereocenters. The van der Waals surface area contributed by atoms with Crippen molar-refractivity contribution >= 4 is 44.4 Å². The van der Waals surface area contributed by atoms with E-state index >= 15 is 0 Å². The Morgan fingerprint density at radius 2 is 1.96 bits per heavy atom. The summed E-state index contributed by atoms with van der Waals surface area (Å²) < 4.78 is 7.12. The number of nitrogens with zero attached hydrogens (tertiary/aromatic N) is 1. The van der Waals surface area contributed by atoms with E-state index in [0.29, 0.717) is 0 Å². The summed E-state index contributed by atoms with van der Waals surface area (Å²) in [7, 11) is -1.38. The van der Waals surface area contributed by atoms with Gasteiger partial charge in [0.05, 0.1) is 15.8 Å². The van der Waals surface area contributed by atoms with Crippen molar-refractivity contribution in [3.8, 4) is 0 Å². The molecule has 24 heavy (non-hydrogen) atoms. The van der Waals surface area contributed by atoms with Gasteiger partial charge in [0.2, 0.25) is 5.91 Å². The summed E-state index contributed by atoms with van der Waals surface area (Å²) in [6.45, 7) is 14.5. The van der Waals surface area contributed by atoms with Crippen molar-refractivity contribution in [3.05, 3.63) is 9.93 Å². The molecule has 0 saturated carbocycles. The van der Waals surface area contributed by atoms with E-state index in [1.807, 2.05) is 13.8 Å². The van der Waals surface area contributed by atoms with Gasteiger partial charge in [0.25, 0.3) is 0 Å². The lowest BCUT2D eigenvalue weighted by Crippen LogP contribution is -2.69. The standard InChI is InChI=1S/C16H27NO4S2Si/c1-8-22-14-10(13(19)20)17-11(18)9(12(17)23-14)16(5,15(2,3)4)21-24(6)7/h9,12,24H,8H2,1-7H3,(H,19,20)/t9-,12+,16+/m0/s1. The largest absolute Gasteiger partial charge is 0.477 e. The minimum atomic E-state index is -1.38. The first-order valence-electron chi connectivity index (χ1n) is 8.23. The van der Waals surface area contributed by atoms with Crippen molar-refractivity contribution in [2.75, 3.05) is 5.75 Å². The number of carboxylic acid groups (broad SMARTS) is 1. The molecule has 8 heteroatoms. The van der Waals surface area contributed by atoms with Gasteiger partial charge in [-0.3, -0.25) is 9.69 Å². The molecule has 5 nitrogen and oxygen atoms in total. The fourth-order valence-electron chi connectivity index (χ4n) is 3.22. The molecule has 2 heterocycles. The van der Waals surface area contributed by atoms with Crippen LogP contribution in [0.4, 0.5) is 0 Å². The number of carboxylic acids is 1. The number of thioether (sulfide) groups is 2. The molecule has 1 N–H and O–H groups in total. The van der Waals surface area contributed by atoms with E-state index in [4.69, 9.17) is 4.43 Å². The number of hydrogen-bond donors (Lipinski definition) is 1. The summed E-state index contributed by atoms with van der Waals surface area (Å²) in [6, 6.07) is 0. The zero-order chi connectivity index (χ0) is 18.4. The van der Waals surface area contributed by atoms with Gasteiger partial charge in [-0.1, -0.05) is 39.5 Å². The fourth-order valence-corrected chi connectivity index (χ4v) is 7.55. The van der Waals surface area contributed by atoms with Crippen molar-refractivity contribution in [3.63, 3.8) is 0 Å². The zero-order valence-corrected chi connectivity index (χ0v) is 18.2. The lowest BCUT2D eigenvalue weighted by molar-refractivity contribution is -0.173. The van der Waals surface area contributed by atoms with Crippen LogP contribution in [0.15, 0.2) is 9.93 Å². The summed E-state index contributed by atoms with van der Waals surface area (Å²) in [4.78, 5) is 26.0. The third kappa shape index (κ3) is 3.06. The van der Waals surface area contributed by atoms with Crippen molar-refractivity contribution in [1.82, 2.24) is 4.90 Å².